The van der Waals surface area contributed by atoms with Crippen LogP contribution in [0.4, 0.5) is 5.69 Å². The Morgan fingerprint density at radius 1 is 1.11 bits per heavy atom. The number of hydrogen-bond donors (Lipinski definition) is 1. The van der Waals surface area contributed by atoms with Crippen LogP contribution in [0.15, 0.2) is 36.4 Å². The standard InChI is InChI=1S/C29H37N3O5/c1-6-7-8-22-20-17-19(34-3)9-10-25(20)37-29(30-22)13-15-32(16-14-29)28(33)23-18-21-24(35-4)11-12-26(36-5)27(21)31(23)2/h8-12,17,23,30H,6-7,13-16,18H2,1-5H3/b22-8+. The molecular weight excluding hydrogens is 470 g/mol. The lowest BCUT2D eigenvalue weighted by molar-refractivity contribution is -0.136. The fourth-order valence-electron chi connectivity index (χ4n) is 5.74. The van der Waals surface area contributed by atoms with Crippen LogP contribution in [0.5, 0.6) is 23.0 Å². The Morgan fingerprint density at radius 3 is 2.51 bits per heavy atom. The minimum atomic E-state index is -0.533. The highest BCUT2D eigenvalue weighted by Crippen LogP contribution is 2.45. The first-order valence-corrected chi connectivity index (χ1v) is 13.0. The van der Waals surface area contributed by atoms with Gasteiger partial charge >= 0.3 is 0 Å². The fourth-order valence-corrected chi connectivity index (χ4v) is 5.74. The van der Waals surface area contributed by atoms with E-state index in [0.717, 1.165) is 58.4 Å². The normalized spacial score (nSPS) is 20.7. The van der Waals surface area contributed by atoms with Crippen molar-refractivity contribution in [3.63, 3.8) is 0 Å². The number of likely N-dealkylation sites (tertiary alicyclic amines) is 1. The number of anilines is 1. The van der Waals surface area contributed by atoms with Crippen molar-refractivity contribution >= 4 is 17.3 Å². The Kier molecular flexibility index (Phi) is 6.84. The Balaban J connectivity index is 1.32. The van der Waals surface area contributed by atoms with Gasteiger partial charge in [-0.15, -0.1) is 0 Å². The molecule has 8 nitrogen and oxygen atoms in total. The molecule has 1 unspecified atom stereocenters. The molecule has 3 heterocycles. The summed E-state index contributed by atoms with van der Waals surface area (Å²) in [7, 11) is 6.96. The van der Waals surface area contributed by atoms with Gasteiger partial charge in [-0.05, 0) is 36.8 Å². The highest BCUT2D eigenvalue weighted by Gasteiger charge is 2.45. The first kappa shape index (κ1) is 25.1. The molecule has 1 spiro atoms. The van der Waals surface area contributed by atoms with Crippen LogP contribution in [0.2, 0.25) is 0 Å². The summed E-state index contributed by atoms with van der Waals surface area (Å²) in [5.41, 5.74) is 3.52. The van der Waals surface area contributed by atoms with Gasteiger partial charge in [-0.1, -0.05) is 19.4 Å². The smallest absolute Gasteiger partial charge is 0.245 e. The molecule has 0 aromatic heterocycles. The monoisotopic (exact) mass is 507 g/mol. The van der Waals surface area contributed by atoms with E-state index < -0.39 is 5.72 Å². The molecular formula is C29H37N3O5. The molecule has 1 amide bonds. The van der Waals surface area contributed by atoms with Gasteiger partial charge in [0.05, 0.1) is 27.0 Å². The van der Waals surface area contributed by atoms with Crippen molar-refractivity contribution in [2.24, 2.45) is 0 Å². The molecule has 3 aliphatic heterocycles. The molecule has 3 aliphatic rings. The van der Waals surface area contributed by atoms with Gasteiger partial charge in [0.1, 0.15) is 29.0 Å². The molecule has 5 rings (SSSR count). The number of benzene rings is 2. The number of carbonyl (C=O) groups excluding carboxylic acids is 1. The summed E-state index contributed by atoms with van der Waals surface area (Å²) in [6.07, 6.45) is 6.27. The minimum absolute atomic E-state index is 0.125. The van der Waals surface area contributed by atoms with Crippen LogP contribution in [0.25, 0.3) is 5.70 Å². The van der Waals surface area contributed by atoms with Gasteiger partial charge < -0.3 is 34.1 Å². The van der Waals surface area contributed by atoms with Crippen molar-refractivity contribution in [1.82, 2.24) is 10.2 Å². The van der Waals surface area contributed by atoms with Gasteiger partial charge in [-0.25, -0.2) is 0 Å². The Labute approximate surface area is 219 Å². The lowest BCUT2D eigenvalue weighted by Gasteiger charge is -2.46. The third kappa shape index (κ3) is 4.43. The van der Waals surface area contributed by atoms with Gasteiger partial charge in [-0.2, -0.15) is 0 Å². The quantitative estimate of drug-likeness (QED) is 0.628. The summed E-state index contributed by atoms with van der Waals surface area (Å²) in [6.45, 7) is 3.41. The number of likely N-dealkylation sites (N-methyl/N-ethyl adjacent to an activating group) is 1. The van der Waals surface area contributed by atoms with E-state index in [-0.39, 0.29) is 11.9 Å². The SMILES string of the molecule is CCC/C=C1/NC2(CCN(C(=O)C3Cc4c(OC)ccc(OC)c4N3C)CC2)Oc2ccc(OC)cc21. The van der Waals surface area contributed by atoms with Crippen LogP contribution in [-0.2, 0) is 11.2 Å². The molecule has 0 bridgehead atoms. The molecule has 0 radical (unpaired) electrons. The zero-order valence-corrected chi connectivity index (χ0v) is 22.4. The molecule has 2 aromatic rings. The predicted octanol–water partition coefficient (Wildman–Crippen LogP) is 4.22. The topological polar surface area (TPSA) is 72.5 Å². The molecule has 1 saturated heterocycles. The van der Waals surface area contributed by atoms with Crippen molar-refractivity contribution in [1.29, 1.82) is 0 Å². The number of carbonyl (C=O) groups is 1. The fraction of sp³-hybridized carbons (Fsp3) is 0.483. The third-order valence-corrected chi connectivity index (χ3v) is 7.81. The van der Waals surface area contributed by atoms with Crippen LogP contribution in [-0.4, -0.2) is 64.0 Å². The van der Waals surface area contributed by atoms with Crippen LogP contribution in [0, 0.1) is 0 Å². The van der Waals surface area contributed by atoms with E-state index in [0.29, 0.717) is 32.4 Å². The number of nitrogens with zero attached hydrogens (tertiary/aromatic N) is 2. The lowest BCUT2D eigenvalue weighted by atomic mass is 9.94. The minimum Gasteiger partial charge on any atom is -0.497 e. The molecule has 1 atom stereocenters. The molecule has 37 heavy (non-hydrogen) atoms. The first-order chi connectivity index (χ1) is 17.9. The Morgan fingerprint density at radius 2 is 1.84 bits per heavy atom. The summed E-state index contributed by atoms with van der Waals surface area (Å²) in [5.74, 6) is 3.33. The van der Waals surface area contributed by atoms with Crippen molar-refractivity contribution in [2.45, 2.75) is 50.8 Å². The maximum Gasteiger partial charge on any atom is 0.245 e. The maximum absolute atomic E-state index is 13.7. The zero-order valence-electron chi connectivity index (χ0n) is 22.4. The van der Waals surface area contributed by atoms with E-state index in [4.69, 9.17) is 18.9 Å². The van der Waals surface area contributed by atoms with Crippen LogP contribution in [0.1, 0.15) is 43.7 Å². The van der Waals surface area contributed by atoms with Crippen molar-refractivity contribution in [3.05, 3.63) is 47.5 Å². The molecule has 8 heteroatoms. The second-order valence-corrected chi connectivity index (χ2v) is 9.94. The number of unbranched alkanes of at least 4 members (excludes halogenated alkanes) is 1. The van der Waals surface area contributed by atoms with E-state index in [1.165, 1.54) is 0 Å². The van der Waals surface area contributed by atoms with Crippen LogP contribution >= 0.6 is 0 Å². The first-order valence-electron chi connectivity index (χ1n) is 13.0. The number of allylic oxidation sites excluding steroid dienone is 1. The number of fused-ring (bicyclic) bond motifs is 2. The molecule has 0 saturated carbocycles. The largest absolute Gasteiger partial charge is 0.497 e. The van der Waals surface area contributed by atoms with E-state index in [2.05, 4.69) is 18.3 Å². The van der Waals surface area contributed by atoms with Crippen molar-refractivity contribution in [2.75, 3.05) is 46.4 Å². The second kappa shape index (κ2) is 10.1. The van der Waals surface area contributed by atoms with E-state index in [9.17, 15) is 4.79 Å². The van der Waals surface area contributed by atoms with E-state index in [1.807, 2.05) is 47.2 Å². The lowest BCUT2D eigenvalue weighted by Crippen LogP contribution is -2.60. The molecule has 1 N–H and O–H groups in total. The number of ether oxygens (including phenoxy) is 4. The highest BCUT2D eigenvalue weighted by atomic mass is 16.5. The average molecular weight is 508 g/mol. The summed E-state index contributed by atoms with van der Waals surface area (Å²) in [6, 6.07) is 9.46. The molecule has 2 aromatic carbocycles. The molecule has 0 aliphatic carbocycles. The van der Waals surface area contributed by atoms with Crippen LogP contribution < -0.4 is 29.2 Å². The summed E-state index contributed by atoms with van der Waals surface area (Å²) >= 11 is 0. The third-order valence-electron chi connectivity index (χ3n) is 7.81. The van der Waals surface area contributed by atoms with Gasteiger partial charge in [0.15, 0.2) is 5.72 Å². The molecule has 1 fully saturated rings. The second-order valence-electron chi connectivity index (χ2n) is 9.94. The van der Waals surface area contributed by atoms with Crippen molar-refractivity contribution in [3.8, 4) is 23.0 Å². The number of rotatable bonds is 6. The number of amides is 1. The number of piperidine rings is 1. The van der Waals surface area contributed by atoms with E-state index in [1.54, 1.807) is 21.3 Å². The summed E-state index contributed by atoms with van der Waals surface area (Å²) in [4.78, 5) is 17.7. The number of hydrogen-bond acceptors (Lipinski definition) is 7. The average Bonchev–Trinajstić information content (AvgIpc) is 3.28. The highest BCUT2D eigenvalue weighted by molar-refractivity contribution is 5.90. The number of methoxy groups -OCH3 is 3. The number of nitrogens with one attached hydrogen (secondary N) is 1. The summed E-state index contributed by atoms with van der Waals surface area (Å²) < 4.78 is 23.2. The van der Waals surface area contributed by atoms with Gasteiger partial charge in [0.2, 0.25) is 5.91 Å². The maximum atomic E-state index is 13.7. The van der Waals surface area contributed by atoms with Gasteiger partial charge in [0.25, 0.3) is 0 Å². The summed E-state index contributed by atoms with van der Waals surface area (Å²) in [5, 5.41) is 3.70. The molecule has 198 valence electrons. The van der Waals surface area contributed by atoms with Crippen molar-refractivity contribution < 1.29 is 23.7 Å². The zero-order chi connectivity index (χ0) is 26.2. The van der Waals surface area contributed by atoms with Gasteiger partial charge in [0, 0.05) is 56.2 Å². The Bertz CT molecular complexity index is 1200. The Hall–Kier alpha value is -3.55. The predicted molar refractivity (Wildman–Crippen MR) is 144 cm³/mol. The van der Waals surface area contributed by atoms with Gasteiger partial charge in [-0.3, -0.25) is 4.79 Å². The van der Waals surface area contributed by atoms with Crippen LogP contribution in [0.3, 0.4) is 0 Å². The van der Waals surface area contributed by atoms with E-state index >= 15 is 0 Å².